The number of fused-ring (bicyclic) bond motifs is 4. The van der Waals surface area contributed by atoms with Crippen molar-refractivity contribution in [3.05, 3.63) is 77.4 Å². The molecule has 0 amide bonds. The molecule has 2 atom stereocenters. The number of rotatable bonds is 10. The van der Waals surface area contributed by atoms with E-state index in [4.69, 9.17) is 8.85 Å². The van der Waals surface area contributed by atoms with Crippen molar-refractivity contribution in [2.45, 2.75) is 129 Å². The van der Waals surface area contributed by atoms with E-state index in [1.807, 2.05) is 0 Å². The molecule has 0 N–H and O–H groups in total. The topological polar surface area (TPSA) is 18.5 Å². The fourth-order valence-corrected chi connectivity index (χ4v) is 18.5. The Hall–Kier alpha value is -0.276. The number of benzene rings is 2. The summed E-state index contributed by atoms with van der Waals surface area (Å²) in [7, 11) is -4.02. The number of allylic oxidation sites excluding steroid dienone is 2. The molecule has 1 aliphatic heterocycles. The van der Waals surface area contributed by atoms with Gasteiger partial charge in [-0.3, -0.25) is 0 Å². The van der Waals surface area contributed by atoms with E-state index in [1.165, 1.54) is 47.9 Å². The Morgan fingerprint density at radius 2 is 1.00 bits per heavy atom. The Morgan fingerprint density at radius 3 is 1.35 bits per heavy atom. The fourth-order valence-electron chi connectivity index (χ4n) is 7.14. The van der Waals surface area contributed by atoms with Gasteiger partial charge in [-0.2, -0.15) is 0 Å². The van der Waals surface area contributed by atoms with Crippen molar-refractivity contribution in [2.75, 3.05) is 0 Å². The molecule has 2 nitrogen and oxygen atoms in total. The van der Waals surface area contributed by atoms with Gasteiger partial charge in [0.2, 0.25) is 0 Å². The van der Waals surface area contributed by atoms with Crippen molar-refractivity contribution in [1.29, 1.82) is 0 Å². The standard InChI is InChI=1S/C36H52O2Si2.2ClH.Hf/c1-11-23-35(3,4)39(7,8)37-33-25-27(29-17-13-15-19-31(29)33)21-22-28-26-34(32-20-16-14-18-30(28)32)38-40(9,10)36(5,6)24-12-2;;;/h13-20,33-34H,11-12,21-24H2,1-10H3;2*1H;/q;;;+2/p-2/t33-,34+;;;. The normalized spacial score (nSPS) is 19.7. The molecule has 0 aromatic heterocycles. The van der Waals surface area contributed by atoms with Gasteiger partial charge in [0.1, 0.15) is 0 Å². The van der Waals surface area contributed by atoms with E-state index < -0.39 is 39.5 Å². The molecule has 1 heterocycles. The first kappa shape index (κ1) is 37.2. The van der Waals surface area contributed by atoms with Gasteiger partial charge in [-0.1, -0.05) is 0 Å². The minimum absolute atomic E-state index is 0. The van der Waals surface area contributed by atoms with Crippen molar-refractivity contribution in [3.8, 4) is 0 Å². The van der Waals surface area contributed by atoms with Crippen LogP contribution >= 0.6 is 0 Å². The minimum atomic E-state index is -2.01. The smallest absolute Gasteiger partial charge is 1.00 e. The van der Waals surface area contributed by atoms with E-state index in [-0.39, 0.29) is 47.1 Å². The molecular weight excluding hydrogens is 770 g/mol. The van der Waals surface area contributed by atoms with Crippen molar-refractivity contribution < 1.29 is 56.6 Å². The Bertz CT molecular complexity index is 1280. The van der Waals surface area contributed by atoms with E-state index in [1.54, 1.807) is 17.8 Å². The quantitative estimate of drug-likeness (QED) is 0.299. The van der Waals surface area contributed by atoms with E-state index >= 15 is 0 Å². The maximum absolute atomic E-state index is 7.49. The second-order valence-electron chi connectivity index (χ2n) is 14.9. The molecule has 0 fully saturated rings. The van der Waals surface area contributed by atoms with Gasteiger partial charge in [0.25, 0.3) is 0 Å². The van der Waals surface area contributed by atoms with Gasteiger partial charge in [0, 0.05) is 0 Å². The van der Waals surface area contributed by atoms with Crippen LogP contribution in [0.3, 0.4) is 0 Å². The van der Waals surface area contributed by atoms with E-state index in [9.17, 15) is 0 Å². The zero-order valence-electron chi connectivity index (χ0n) is 28.1. The van der Waals surface area contributed by atoms with E-state index in [2.05, 4.69) is 116 Å². The van der Waals surface area contributed by atoms with Crippen molar-refractivity contribution >= 4 is 27.8 Å². The Kier molecular flexibility index (Phi) is 12.0. The molecule has 0 saturated heterocycles. The van der Waals surface area contributed by atoms with Crippen molar-refractivity contribution in [2.24, 2.45) is 0 Å². The largest absolute Gasteiger partial charge is 1.00 e. The van der Waals surface area contributed by atoms with Crippen LogP contribution in [-0.4, -0.2) is 16.6 Å². The zero-order chi connectivity index (χ0) is 29.8. The summed E-state index contributed by atoms with van der Waals surface area (Å²) in [6.45, 7) is 24.3. The van der Waals surface area contributed by atoms with Gasteiger partial charge in [-0.15, -0.1) is 0 Å². The van der Waals surface area contributed by atoms with Gasteiger partial charge >= 0.3 is 266 Å². The molecule has 2 aliphatic carbocycles. The second-order valence-corrected chi connectivity index (χ2v) is 28.9. The van der Waals surface area contributed by atoms with Crippen molar-refractivity contribution in [3.63, 3.8) is 0 Å². The van der Waals surface area contributed by atoms with Gasteiger partial charge in [-0.05, 0) is 0 Å². The Balaban J connectivity index is 0.00000253. The third kappa shape index (κ3) is 6.76. The average Bonchev–Trinajstić information content (AvgIpc) is 3.24. The van der Waals surface area contributed by atoms with E-state index in [0.29, 0.717) is 0 Å². The van der Waals surface area contributed by atoms with Crippen LogP contribution in [0.5, 0.6) is 0 Å². The molecule has 43 heavy (non-hydrogen) atoms. The SMILES string of the molecule is CCCC(C)(C)[Si](C)(C)O[C@@H]1[C]2=C(CCC3=[C]([Hf+2]2)[C@H](O[Si](C)(C)C(C)(C)CCC)c2ccccc23)c2ccccc21.[Cl-].[Cl-]. The van der Waals surface area contributed by atoms with Crippen LogP contribution in [0.25, 0.3) is 11.1 Å². The molecule has 0 bridgehead atoms. The number of hydrogen-bond donors (Lipinski definition) is 0. The maximum atomic E-state index is 7.49. The van der Waals surface area contributed by atoms with Gasteiger partial charge in [0.15, 0.2) is 0 Å². The third-order valence-electron chi connectivity index (χ3n) is 11.0. The molecule has 0 spiro atoms. The summed E-state index contributed by atoms with van der Waals surface area (Å²) in [5, 5.41) is 0.470. The predicted molar refractivity (Wildman–Crippen MR) is 176 cm³/mol. The molecular formula is C36H52Cl2HfO2Si2. The molecule has 3 aliphatic rings. The molecule has 2 aromatic rings. The third-order valence-corrected chi connectivity index (χ3v) is 25.7. The first-order chi connectivity index (χ1) is 19.2. The van der Waals surface area contributed by atoms with Crippen LogP contribution in [-0.2, 0) is 31.8 Å². The summed E-state index contributed by atoms with van der Waals surface area (Å²) >= 11 is -1.48. The second kappa shape index (κ2) is 13.8. The summed E-state index contributed by atoms with van der Waals surface area (Å²) in [4.78, 5) is 0. The summed E-state index contributed by atoms with van der Waals surface area (Å²) in [6, 6.07) is 18.4. The Morgan fingerprint density at radius 1 is 0.651 bits per heavy atom. The van der Waals surface area contributed by atoms with Crippen LogP contribution in [0, 0.1) is 0 Å². The monoisotopic (exact) mass is 822 g/mol. The summed E-state index contributed by atoms with van der Waals surface area (Å²) < 4.78 is 18.4. The summed E-state index contributed by atoms with van der Waals surface area (Å²) in [5.41, 5.74) is 9.08. The van der Waals surface area contributed by atoms with Crippen LogP contribution in [0.4, 0.5) is 0 Å². The molecule has 7 heteroatoms. The van der Waals surface area contributed by atoms with E-state index in [0.717, 1.165) is 12.8 Å². The van der Waals surface area contributed by atoms with Gasteiger partial charge in [0.05, 0.1) is 0 Å². The molecule has 234 valence electrons. The minimum Gasteiger partial charge on any atom is -1.00 e. The Labute approximate surface area is 288 Å². The number of hydrogen-bond acceptors (Lipinski definition) is 2. The zero-order valence-corrected chi connectivity index (χ0v) is 35.2. The fraction of sp³-hybridized carbons (Fsp3) is 0.556. The van der Waals surface area contributed by atoms with Gasteiger partial charge in [-0.25, -0.2) is 0 Å². The molecule has 0 saturated carbocycles. The van der Waals surface area contributed by atoms with Gasteiger partial charge < -0.3 is 24.8 Å². The van der Waals surface area contributed by atoms with Crippen molar-refractivity contribution in [1.82, 2.24) is 0 Å². The van der Waals surface area contributed by atoms with Crippen LogP contribution < -0.4 is 24.8 Å². The first-order valence-corrected chi connectivity index (χ1v) is 25.4. The maximum Gasteiger partial charge on any atom is -1.00 e. The predicted octanol–water partition coefficient (Wildman–Crippen LogP) is 5.41. The first-order valence-electron chi connectivity index (χ1n) is 16.0. The van der Waals surface area contributed by atoms with Crippen LogP contribution in [0.1, 0.15) is 115 Å². The summed E-state index contributed by atoms with van der Waals surface area (Å²) in [5.74, 6) is 0. The van der Waals surface area contributed by atoms with Crippen LogP contribution in [0.15, 0.2) is 55.2 Å². The molecule has 5 rings (SSSR count). The summed E-state index contributed by atoms with van der Waals surface area (Å²) in [6.07, 6.45) is 7.40. The average molecular weight is 822 g/mol. The van der Waals surface area contributed by atoms with Crippen LogP contribution in [0.2, 0.25) is 36.3 Å². The molecule has 0 unspecified atom stereocenters. The molecule has 0 radical (unpaired) electrons. The molecule has 2 aromatic carbocycles. The number of halogens is 2.